The van der Waals surface area contributed by atoms with Gasteiger partial charge < -0.3 is 4.74 Å². The molecule has 0 aliphatic carbocycles. The van der Waals surface area contributed by atoms with Gasteiger partial charge in [-0.1, -0.05) is 35.9 Å². The van der Waals surface area contributed by atoms with Crippen LogP contribution in [0.4, 0.5) is 17.1 Å². The minimum atomic E-state index is -1.09. The minimum Gasteiger partial charge on any atom is -0.494 e. The average Bonchev–Trinajstić information content (AvgIpc) is 3.37. The van der Waals surface area contributed by atoms with E-state index in [4.69, 9.17) is 21.2 Å². The third-order valence-corrected chi connectivity index (χ3v) is 6.36. The van der Waals surface area contributed by atoms with Crippen LogP contribution < -0.4 is 14.7 Å². The number of imide groups is 1. The van der Waals surface area contributed by atoms with E-state index in [-0.39, 0.29) is 10.7 Å². The van der Waals surface area contributed by atoms with E-state index in [0.29, 0.717) is 29.3 Å². The molecule has 2 aliphatic rings. The van der Waals surface area contributed by atoms with Crippen LogP contribution in [-0.4, -0.2) is 29.4 Å². The summed E-state index contributed by atoms with van der Waals surface area (Å²) in [4.78, 5) is 45.2. The molecule has 178 valence electrons. The van der Waals surface area contributed by atoms with E-state index < -0.39 is 34.8 Å². The van der Waals surface area contributed by atoms with Crippen LogP contribution >= 0.6 is 11.6 Å². The van der Waals surface area contributed by atoms with Gasteiger partial charge in [0.25, 0.3) is 11.6 Å². The van der Waals surface area contributed by atoms with Crippen LogP contribution in [0.1, 0.15) is 18.5 Å². The van der Waals surface area contributed by atoms with E-state index in [1.54, 1.807) is 54.6 Å². The van der Waals surface area contributed by atoms with Gasteiger partial charge in [0, 0.05) is 6.07 Å². The second-order valence-corrected chi connectivity index (χ2v) is 8.47. The molecule has 2 saturated heterocycles. The molecular weight excluding hydrogens is 474 g/mol. The molecule has 10 heteroatoms. The van der Waals surface area contributed by atoms with Gasteiger partial charge in [-0.05, 0) is 55.0 Å². The standard InChI is InChI=1S/C25H20ClN3O6/c1-2-34-18-11-9-16(10-12-18)27-24(30)21-22(15-8-13-19(26)20(14-15)29(32)33)28(35-23(21)25(27)31)17-6-4-3-5-7-17/h3-14,21-23H,2H2,1H3/t21-,22-,23-/m1/s1. The molecule has 2 aliphatic heterocycles. The van der Waals surface area contributed by atoms with Crippen molar-refractivity contribution in [3.63, 3.8) is 0 Å². The number of hydrogen-bond donors (Lipinski definition) is 0. The predicted molar refractivity (Wildman–Crippen MR) is 128 cm³/mol. The van der Waals surface area contributed by atoms with E-state index in [0.717, 1.165) is 4.90 Å². The molecule has 2 amide bonds. The van der Waals surface area contributed by atoms with Crippen molar-refractivity contribution in [2.45, 2.75) is 19.1 Å². The van der Waals surface area contributed by atoms with E-state index in [1.807, 2.05) is 13.0 Å². The first-order chi connectivity index (χ1) is 16.9. The maximum atomic E-state index is 13.7. The summed E-state index contributed by atoms with van der Waals surface area (Å²) in [6.45, 7) is 2.35. The van der Waals surface area contributed by atoms with Crippen LogP contribution in [0.15, 0.2) is 72.8 Å². The molecule has 3 aromatic rings. The van der Waals surface area contributed by atoms with Gasteiger partial charge in [-0.25, -0.2) is 9.96 Å². The first-order valence-corrected chi connectivity index (χ1v) is 11.3. The normalized spacial score (nSPS) is 21.4. The van der Waals surface area contributed by atoms with E-state index >= 15 is 0 Å². The average molecular weight is 494 g/mol. The quantitative estimate of drug-likeness (QED) is 0.278. The molecular formula is C25H20ClN3O6. The zero-order valence-electron chi connectivity index (χ0n) is 18.5. The number of carbonyl (C=O) groups excluding carboxylic acids is 2. The first kappa shape index (κ1) is 22.8. The van der Waals surface area contributed by atoms with Crippen LogP contribution in [0.5, 0.6) is 5.75 Å². The van der Waals surface area contributed by atoms with Crippen molar-refractivity contribution in [3.8, 4) is 5.75 Å². The molecule has 0 radical (unpaired) electrons. The Morgan fingerprint density at radius 1 is 1.00 bits per heavy atom. The number of fused-ring (bicyclic) bond motifs is 1. The van der Waals surface area contributed by atoms with Crippen LogP contribution in [-0.2, 0) is 14.4 Å². The molecule has 0 saturated carbocycles. The first-order valence-electron chi connectivity index (χ1n) is 11.0. The van der Waals surface area contributed by atoms with Gasteiger partial charge in [0.2, 0.25) is 5.91 Å². The molecule has 35 heavy (non-hydrogen) atoms. The van der Waals surface area contributed by atoms with Gasteiger partial charge in [0.05, 0.1) is 28.9 Å². The summed E-state index contributed by atoms with van der Waals surface area (Å²) in [5.41, 5.74) is 1.15. The van der Waals surface area contributed by atoms with Gasteiger partial charge >= 0.3 is 0 Å². The summed E-state index contributed by atoms with van der Waals surface area (Å²) < 4.78 is 5.44. The topological polar surface area (TPSA) is 102 Å². The molecule has 3 aromatic carbocycles. The van der Waals surface area contributed by atoms with Crippen LogP contribution in [0.3, 0.4) is 0 Å². The molecule has 0 N–H and O–H groups in total. The number of para-hydroxylation sites is 1. The SMILES string of the molecule is CCOc1ccc(N2C(=O)[C@@H]3[C@@H](c4ccc(Cl)c([N+](=O)[O-])c4)N(c4ccccc4)O[C@H]3C2=O)cc1. The largest absolute Gasteiger partial charge is 0.494 e. The summed E-state index contributed by atoms with van der Waals surface area (Å²) in [6.07, 6.45) is -1.09. The number of nitrogens with zero attached hydrogens (tertiary/aromatic N) is 3. The Balaban J connectivity index is 1.57. The lowest BCUT2D eigenvalue weighted by atomic mass is 9.90. The highest BCUT2D eigenvalue weighted by molar-refractivity contribution is 6.32. The number of rotatable bonds is 6. The number of benzene rings is 3. The highest BCUT2D eigenvalue weighted by atomic mass is 35.5. The number of halogens is 1. The number of carbonyl (C=O) groups is 2. The molecule has 2 heterocycles. The van der Waals surface area contributed by atoms with Crippen molar-refractivity contribution in [1.29, 1.82) is 0 Å². The third-order valence-electron chi connectivity index (χ3n) is 6.04. The van der Waals surface area contributed by atoms with Gasteiger partial charge in [-0.3, -0.25) is 24.5 Å². The van der Waals surface area contributed by atoms with Crippen molar-refractivity contribution < 1.29 is 24.1 Å². The Morgan fingerprint density at radius 3 is 2.37 bits per heavy atom. The summed E-state index contributed by atoms with van der Waals surface area (Å²) in [5.74, 6) is -1.26. The zero-order valence-corrected chi connectivity index (χ0v) is 19.3. The number of nitro groups is 1. The van der Waals surface area contributed by atoms with Crippen molar-refractivity contribution in [2.24, 2.45) is 5.92 Å². The van der Waals surface area contributed by atoms with Crippen LogP contribution in [0.2, 0.25) is 5.02 Å². The van der Waals surface area contributed by atoms with Crippen molar-refractivity contribution in [3.05, 3.63) is 93.5 Å². The summed E-state index contributed by atoms with van der Waals surface area (Å²) >= 11 is 6.03. The number of hydroxylamine groups is 1. The summed E-state index contributed by atoms with van der Waals surface area (Å²) in [6, 6.07) is 19.2. The lowest BCUT2D eigenvalue weighted by Crippen LogP contribution is -2.37. The van der Waals surface area contributed by atoms with Gasteiger partial charge in [-0.2, -0.15) is 0 Å². The third kappa shape index (κ3) is 3.88. The molecule has 0 bridgehead atoms. The van der Waals surface area contributed by atoms with E-state index in [1.165, 1.54) is 17.2 Å². The van der Waals surface area contributed by atoms with E-state index in [2.05, 4.69) is 0 Å². The van der Waals surface area contributed by atoms with Crippen molar-refractivity contribution >= 4 is 40.5 Å². The molecule has 5 rings (SSSR count). The number of anilines is 2. The maximum Gasteiger partial charge on any atom is 0.288 e. The fraction of sp³-hybridized carbons (Fsp3) is 0.200. The lowest BCUT2D eigenvalue weighted by Gasteiger charge is -2.28. The molecule has 9 nitrogen and oxygen atoms in total. The smallest absolute Gasteiger partial charge is 0.288 e. The van der Waals surface area contributed by atoms with Crippen LogP contribution in [0.25, 0.3) is 0 Å². The molecule has 0 aromatic heterocycles. The Kier molecular flexibility index (Phi) is 5.88. The van der Waals surface area contributed by atoms with Crippen molar-refractivity contribution in [2.75, 3.05) is 16.6 Å². The molecule has 0 unspecified atom stereocenters. The summed E-state index contributed by atoms with van der Waals surface area (Å²) in [7, 11) is 0. The number of hydrogen-bond acceptors (Lipinski definition) is 7. The molecule has 3 atom stereocenters. The number of ether oxygens (including phenoxy) is 1. The number of nitro benzene ring substituents is 1. The van der Waals surface area contributed by atoms with E-state index in [9.17, 15) is 19.7 Å². The number of amides is 2. The highest BCUT2D eigenvalue weighted by Gasteiger charge is 2.60. The lowest BCUT2D eigenvalue weighted by molar-refractivity contribution is -0.384. The zero-order chi connectivity index (χ0) is 24.7. The fourth-order valence-electron chi connectivity index (χ4n) is 4.52. The van der Waals surface area contributed by atoms with Gasteiger partial charge in [0.15, 0.2) is 6.10 Å². The van der Waals surface area contributed by atoms with Crippen molar-refractivity contribution in [1.82, 2.24) is 0 Å². The van der Waals surface area contributed by atoms with Gasteiger partial charge in [-0.15, -0.1) is 0 Å². The fourth-order valence-corrected chi connectivity index (χ4v) is 4.70. The molecule has 2 fully saturated rings. The monoisotopic (exact) mass is 493 g/mol. The maximum absolute atomic E-state index is 13.7. The summed E-state index contributed by atoms with van der Waals surface area (Å²) in [5, 5.41) is 13.0. The Labute approximate surface area is 205 Å². The Bertz CT molecular complexity index is 1300. The Hall–Kier alpha value is -3.95. The van der Waals surface area contributed by atoms with Gasteiger partial charge in [0.1, 0.15) is 16.7 Å². The second kappa shape index (κ2) is 9.01. The molecule has 0 spiro atoms. The predicted octanol–water partition coefficient (Wildman–Crippen LogP) is 4.70. The highest BCUT2D eigenvalue weighted by Crippen LogP contribution is 2.48. The second-order valence-electron chi connectivity index (χ2n) is 8.06. The van der Waals surface area contributed by atoms with Crippen LogP contribution in [0, 0.1) is 16.0 Å². The Morgan fingerprint density at radius 2 is 1.71 bits per heavy atom. The minimum absolute atomic E-state index is 0.0229.